The molecular weight excluding hydrogens is 240 g/mol. The topological polar surface area (TPSA) is 93.1 Å². The first-order valence-corrected chi connectivity index (χ1v) is 5.94. The van der Waals surface area contributed by atoms with Gasteiger partial charge in [0.25, 0.3) is 0 Å². The van der Waals surface area contributed by atoms with Crippen LogP contribution in [0, 0.1) is 0 Å². The molecule has 0 aliphatic rings. The first-order chi connectivity index (χ1) is 8.70. The summed E-state index contributed by atoms with van der Waals surface area (Å²) in [5.74, 6) is -1.22. The number of hydrogen-bond acceptors (Lipinski definition) is 6. The molecule has 6 nitrogen and oxygen atoms in total. The molecule has 6 heteroatoms. The van der Waals surface area contributed by atoms with Gasteiger partial charge in [-0.3, -0.25) is 0 Å². The Labute approximate surface area is 106 Å². The minimum absolute atomic E-state index is 0.0631. The molecule has 0 saturated carbocycles. The number of aliphatic hydroxyl groups is 2. The van der Waals surface area contributed by atoms with Crippen LogP contribution in [0.1, 0.15) is 25.7 Å². The number of rotatable bonds is 10. The molecule has 0 aromatic rings. The van der Waals surface area contributed by atoms with Crippen molar-refractivity contribution in [3.63, 3.8) is 0 Å². The standard InChI is InChI=1S/C12H20O6/c13-7-1-3-9-17-11(15)5-6-12(16)18-10-4-2-8-14/h5-6,13-14H,1-4,7-10H2/b6-5+. The second-order valence-electron chi connectivity index (χ2n) is 3.53. The van der Waals surface area contributed by atoms with Crippen molar-refractivity contribution < 1.29 is 29.3 Å². The summed E-state index contributed by atoms with van der Waals surface area (Å²) in [7, 11) is 0. The van der Waals surface area contributed by atoms with Gasteiger partial charge in [0.1, 0.15) is 0 Å². The second kappa shape index (κ2) is 12.1. The van der Waals surface area contributed by atoms with E-state index in [1.54, 1.807) is 0 Å². The van der Waals surface area contributed by atoms with Gasteiger partial charge in [-0.25, -0.2) is 9.59 Å². The Balaban J connectivity index is 3.58. The van der Waals surface area contributed by atoms with Crippen molar-refractivity contribution in [2.75, 3.05) is 26.4 Å². The van der Waals surface area contributed by atoms with Crippen LogP contribution in [0.15, 0.2) is 12.2 Å². The highest BCUT2D eigenvalue weighted by atomic mass is 16.5. The lowest BCUT2D eigenvalue weighted by Gasteiger charge is -2.01. The van der Waals surface area contributed by atoms with Crippen LogP contribution >= 0.6 is 0 Å². The zero-order valence-electron chi connectivity index (χ0n) is 10.3. The smallest absolute Gasteiger partial charge is 0.331 e. The van der Waals surface area contributed by atoms with Gasteiger partial charge in [0.05, 0.1) is 13.2 Å². The average molecular weight is 260 g/mol. The van der Waals surface area contributed by atoms with E-state index in [9.17, 15) is 9.59 Å². The molecule has 0 spiro atoms. The van der Waals surface area contributed by atoms with Crippen LogP contribution in [0.25, 0.3) is 0 Å². The highest BCUT2D eigenvalue weighted by Gasteiger charge is 2.00. The normalized spacial score (nSPS) is 10.6. The molecule has 0 fully saturated rings. The number of unbranched alkanes of at least 4 members (excludes halogenated alkanes) is 2. The van der Waals surface area contributed by atoms with E-state index in [1.807, 2.05) is 0 Å². The Hall–Kier alpha value is -1.40. The lowest BCUT2D eigenvalue weighted by atomic mass is 10.3. The monoisotopic (exact) mass is 260 g/mol. The first-order valence-electron chi connectivity index (χ1n) is 5.94. The molecule has 0 aromatic carbocycles. The maximum Gasteiger partial charge on any atom is 0.331 e. The van der Waals surface area contributed by atoms with Crippen molar-refractivity contribution >= 4 is 11.9 Å². The van der Waals surface area contributed by atoms with Crippen LogP contribution in [0.3, 0.4) is 0 Å². The van der Waals surface area contributed by atoms with Gasteiger partial charge in [-0.1, -0.05) is 0 Å². The third kappa shape index (κ3) is 11.1. The van der Waals surface area contributed by atoms with Gasteiger partial charge < -0.3 is 19.7 Å². The fraction of sp³-hybridized carbons (Fsp3) is 0.667. The van der Waals surface area contributed by atoms with Crippen LogP contribution in [-0.2, 0) is 19.1 Å². The van der Waals surface area contributed by atoms with Crippen molar-refractivity contribution in [1.82, 2.24) is 0 Å². The van der Waals surface area contributed by atoms with Crippen molar-refractivity contribution in [3.8, 4) is 0 Å². The Morgan fingerprint density at radius 2 is 1.17 bits per heavy atom. The molecular formula is C12H20O6. The Kier molecular flexibility index (Phi) is 11.1. The van der Waals surface area contributed by atoms with Gasteiger partial charge in [-0.2, -0.15) is 0 Å². The summed E-state index contributed by atoms with van der Waals surface area (Å²) in [5, 5.41) is 17.0. The van der Waals surface area contributed by atoms with Crippen molar-refractivity contribution in [2.45, 2.75) is 25.7 Å². The summed E-state index contributed by atoms with van der Waals surface area (Å²) in [5.41, 5.74) is 0. The molecule has 0 aliphatic heterocycles. The maximum atomic E-state index is 11.1. The van der Waals surface area contributed by atoms with Gasteiger partial charge >= 0.3 is 11.9 Å². The minimum atomic E-state index is -0.611. The van der Waals surface area contributed by atoms with Gasteiger partial charge in [0.15, 0.2) is 0 Å². The van der Waals surface area contributed by atoms with Gasteiger partial charge in [-0.15, -0.1) is 0 Å². The van der Waals surface area contributed by atoms with E-state index in [-0.39, 0.29) is 26.4 Å². The molecule has 0 amide bonds. The van der Waals surface area contributed by atoms with E-state index < -0.39 is 11.9 Å². The summed E-state index contributed by atoms with van der Waals surface area (Å²) in [6.45, 7) is 0.561. The maximum absolute atomic E-state index is 11.1. The van der Waals surface area contributed by atoms with E-state index in [2.05, 4.69) is 0 Å². The summed E-state index contributed by atoms with van der Waals surface area (Å²) >= 11 is 0. The van der Waals surface area contributed by atoms with E-state index in [0.29, 0.717) is 25.7 Å². The molecule has 0 bridgehead atoms. The van der Waals surface area contributed by atoms with Crippen LogP contribution in [0.5, 0.6) is 0 Å². The molecule has 0 atom stereocenters. The summed E-state index contributed by atoms with van der Waals surface area (Å²) in [6, 6.07) is 0. The fourth-order valence-corrected chi connectivity index (χ4v) is 1.01. The summed E-state index contributed by atoms with van der Waals surface area (Å²) in [6.07, 6.45) is 4.33. The Morgan fingerprint density at radius 3 is 1.50 bits per heavy atom. The van der Waals surface area contributed by atoms with Crippen LogP contribution in [0.2, 0.25) is 0 Å². The van der Waals surface area contributed by atoms with Crippen molar-refractivity contribution in [1.29, 1.82) is 0 Å². The number of aliphatic hydroxyl groups excluding tert-OH is 2. The highest BCUT2D eigenvalue weighted by Crippen LogP contribution is 1.93. The molecule has 0 unspecified atom stereocenters. The van der Waals surface area contributed by atoms with Gasteiger partial charge in [-0.05, 0) is 25.7 Å². The predicted octanol–water partition coefficient (Wildman–Crippen LogP) is 0.174. The summed E-state index contributed by atoms with van der Waals surface area (Å²) < 4.78 is 9.52. The van der Waals surface area contributed by atoms with E-state index in [4.69, 9.17) is 19.7 Å². The SMILES string of the molecule is O=C(/C=C/C(=O)OCCCCO)OCCCCO. The highest BCUT2D eigenvalue weighted by molar-refractivity contribution is 5.91. The van der Waals surface area contributed by atoms with Crippen LogP contribution in [0.4, 0.5) is 0 Å². The number of esters is 2. The quantitative estimate of drug-likeness (QED) is 0.330. The second-order valence-corrected chi connectivity index (χ2v) is 3.53. The Bertz CT molecular complexity index is 235. The lowest BCUT2D eigenvalue weighted by Crippen LogP contribution is -2.06. The van der Waals surface area contributed by atoms with E-state index >= 15 is 0 Å². The molecule has 0 aromatic heterocycles. The minimum Gasteiger partial charge on any atom is -0.463 e. The summed E-state index contributed by atoms with van der Waals surface area (Å²) in [4.78, 5) is 22.1. The van der Waals surface area contributed by atoms with Crippen molar-refractivity contribution in [3.05, 3.63) is 12.2 Å². The lowest BCUT2D eigenvalue weighted by molar-refractivity contribution is -0.140. The van der Waals surface area contributed by atoms with Gasteiger partial charge in [0, 0.05) is 25.4 Å². The third-order valence-electron chi connectivity index (χ3n) is 1.95. The molecule has 0 heterocycles. The third-order valence-corrected chi connectivity index (χ3v) is 1.95. The fourth-order valence-electron chi connectivity index (χ4n) is 1.01. The van der Waals surface area contributed by atoms with Crippen molar-refractivity contribution in [2.24, 2.45) is 0 Å². The first kappa shape index (κ1) is 16.6. The number of carbonyl (C=O) groups excluding carboxylic acids is 2. The molecule has 0 radical (unpaired) electrons. The molecule has 2 N–H and O–H groups in total. The molecule has 0 saturated heterocycles. The van der Waals surface area contributed by atoms with Crippen LogP contribution < -0.4 is 0 Å². The van der Waals surface area contributed by atoms with E-state index in [0.717, 1.165) is 12.2 Å². The molecule has 18 heavy (non-hydrogen) atoms. The zero-order chi connectivity index (χ0) is 13.6. The molecule has 0 rings (SSSR count). The molecule has 104 valence electrons. The Morgan fingerprint density at radius 1 is 0.778 bits per heavy atom. The number of carbonyl (C=O) groups is 2. The average Bonchev–Trinajstić information content (AvgIpc) is 2.37. The van der Waals surface area contributed by atoms with Gasteiger partial charge in [0.2, 0.25) is 0 Å². The van der Waals surface area contributed by atoms with Crippen LogP contribution in [-0.4, -0.2) is 48.6 Å². The number of ether oxygens (including phenoxy) is 2. The molecule has 0 aliphatic carbocycles. The largest absolute Gasteiger partial charge is 0.463 e. The number of hydrogen-bond donors (Lipinski definition) is 2. The zero-order valence-corrected chi connectivity index (χ0v) is 10.3. The van der Waals surface area contributed by atoms with E-state index in [1.165, 1.54) is 0 Å². The predicted molar refractivity (Wildman–Crippen MR) is 63.7 cm³/mol.